The maximum atomic E-state index is 13.2. The fourth-order valence-electron chi connectivity index (χ4n) is 3.24. The monoisotopic (exact) mass is 449 g/mol. The van der Waals surface area contributed by atoms with Crippen molar-refractivity contribution >= 4 is 21.6 Å². The van der Waals surface area contributed by atoms with Crippen molar-refractivity contribution in [1.29, 1.82) is 0 Å². The van der Waals surface area contributed by atoms with Gasteiger partial charge in [-0.3, -0.25) is 9.78 Å². The smallest absolute Gasteiger partial charge is 0.296 e. The van der Waals surface area contributed by atoms with E-state index < -0.39 is 0 Å². The van der Waals surface area contributed by atoms with E-state index in [-0.39, 0.29) is 29.0 Å². The average molecular weight is 449 g/mol. The molecule has 32 heavy (non-hydrogen) atoms. The van der Waals surface area contributed by atoms with E-state index in [9.17, 15) is 9.18 Å². The molecule has 3 heterocycles. The molecule has 0 aliphatic heterocycles. The molecule has 0 saturated carbocycles. The molecule has 5 aromatic rings. The minimum Gasteiger partial charge on any atom is -0.468 e. The van der Waals surface area contributed by atoms with Gasteiger partial charge in [0.25, 0.3) is 17.5 Å². The Morgan fingerprint density at radius 3 is 2.66 bits per heavy atom. The summed E-state index contributed by atoms with van der Waals surface area (Å²) in [5.41, 5.74) is 3.06. The van der Waals surface area contributed by atoms with Crippen molar-refractivity contribution in [3.05, 3.63) is 75.1 Å². The molecule has 0 aliphatic rings. The summed E-state index contributed by atoms with van der Waals surface area (Å²) in [5.74, 6) is 0.234. The van der Waals surface area contributed by atoms with E-state index in [1.165, 1.54) is 30.6 Å². The zero-order chi connectivity index (χ0) is 22.2. The van der Waals surface area contributed by atoms with Gasteiger partial charge >= 0.3 is 0 Å². The zero-order valence-electron chi connectivity index (χ0n) is 17.0. The summed E-state index contributed by atoms with van der Waals surface area (Å²) < 4.78 is 25.0. The molecule has 0 spiro atoms. The second-order valence-electron chi connectivity index (χ2n) is 7.02. The molecule has 0 atom stereocenters. The van der Waals surface area contributed by atoms with E-state index in [0.29, 0.717) is 17.9 Å². The number of nitrogens with zero attached hydrogens (tertiary/aromatic N) is 4. The van der Waals surface area contributed by atoms with E-state index in [2.05, 4.69) is 25.1 Å². The molecule has 3 aromatic heterocycles. The van der Waals surface area contributed by atoms with Crippen LogP contribution in [-0.4, -0.2) is 32.3 Å². The molecule has 0 saturated heterocycles. The standard InChI is InChI=1S/C22H16FN5O3S/c1-11-19(25-22(30-2)26-20(11)29)21-28-27-17(31-21)10-18-24-15-8-5-13(9-16(15)32-18)12-3-6-14(23)7-4-12/h3-9H,10H2,1-2H3,(H,25,26,29). The molecule has 5 rings (SSSR count). The number of H-pyrrole nitrogens is 1. The Morgan fingerprint density at radius 1 is 1.09 bits per heavy atom. The van der Waals surface area contributed by atoms with Gasteiger partial charge in [0.1, 0.15) is 16.5 Å². The molecular weight excluding hydrogens is 433 g/mol. The third kappa shape index (κ3) is 3.76. The lowest BCUT2D eigenvalue weighted by Crippen LogP contribution is -2.14. The predicted octanol–water partition coefficient (Wildman–Crippen LogP) is 4.14. The van der Waals surface area contributed by atoms with Gasteiger partial charge in [-0.25, -0.2) is 9.37 Å². The number of methoxy groups -OCH3 is 1. The highest BCUT2D eigenvalue weighted by molar-refractivity contribution is 7.18. The number of hydrogen-bond donors (Lipinski definition) is 1. The van der Waals surface area contributed by atoms with Crippen molar-refractivity contribution in [2.75, 3.05) is 7.11 Å². The van der Waals surface area contributed by atoms with Gasteiger partial charge in [0.15, 0.2) is 0 Å². The second-order valence-corrected chi connectivity index (χ2v) is 8.14. The van der Waals surface area contributed by atoms with Gasteiger partial charge in [0, 0.05) is 5.56 Å². The van der Waals surface area contributed by atoms with Crippen molar-refractivity contribution < 1.29 is 13.5 Å². The second kappa shape index (κ2) is 7.97. The number of fused-ring (bicyclic) bond motifs is 1. The maximum Gasteiger partial charge on any atom is 0.296 e. The summed E-state index contributed by atoms with van der Waals surface area (Å²) in [7, 11) is 1.41. The molecule has 0 aliphatic carbocycles. The van der Waals surface area contributed by atoms with Crippen LogP contribution in [-0.2, 0) is 6.42 Å². The number of aromatic amines is 1. The lowest BCUT2D eigenvalue weighted by atomic mass is 10.1. The molecular formula is C22H16FN5O3S. The van der Waals surface area contributed by atoms with Crippen LogP contribution in [0.2, 0.25) is 0 Å². The highest BCUT2D eigenvalue weighted by atomic mass is 32.1. The number of rotatable bonds is 5. The number of benzene rings is 2. The van der Waals surface area contributed by atoms with E-state index in [4.69, 9.17) is 9.15 Å². The molecule has 0 bridgehead atoms. The van der Waals surface area contributed by atoms with Crippen molar-refractivity contribution in [3.8, 4) is 28.7 Å². The fraction of sp³-hybridized carbons (Fsp3) is 0.136. The zero-order valence-corrected chi connectivity index (χ0v) is 17.9. The Bertz CT molecular complexity index is 1490. The van der Waals surface area contributed by atoms with Crippen LogP contribution < -0.4 is 10.3 Å². The highest BCUT2D eigenvalue weighted by Crippen LogP contribution is 2.30. The van der Waals surface area contributed by atoms with Crippen LogP contribution in [0.3, 0.4) is 0 Å². The summed E-state index contributed by atoms with van der Waals surface area (Å²) in [5, 5.41) is 8.92. The van der Waals surface area contributed by atoms with Crippen molar-refractivity contribution in [2.45, 2.75) is 13.3 Å². The largest absolute Gasteiger partial charge is 0.468 e. The Kier molecular flexibility index (Phi) is 4.98. The van der Waals surface area contributed by atoms with Crippen molar-refractivity contribution in [2.24, 2.45) is 0 Å². The number of hydrogen-bond acceptors (Lipinski definition) is 8. The normalized spacial score (nSPS) is 11.2. The minimum atomic E-state index is -0.338. The number of halogens is 1. The maximum absolute atomic E-state index is 13.2. The van der Waals surface area contributed by atoms with E-state index in [1.54, 1.807) is 19.1 Å². The summed E-state index contributed by atoms with van der Waals surface area (Å²) in [6, 6.07) is 12.4. The predicted molar refractivity (Wildman–Crippen MR) is 117 cm³/mol. The van der Waals surface area contributed by atoms with Crippen LogP contribution in [0.4, 0.5) is 4.39 Å². The van der Waals surface area contributed by atoms with Gasteiger partial charge in [-0.15, -0.1) is 21.5 Å². The lowest BCUT2D eigenvalue weighted by Gasteiger charge is -2.02. The first-order valence-electron chi connectivity index (χ1n) is 9.63. The van der Waals surface area contributed by atoms with Crippen LogP contribution >= 0.6 is 11.3 Å². The summed E-state index contributed by atoms with van der Waals surface area (Å²) in [6.07, 6.45) is 0.345. The highest BCUT2D eigenvalue weighted by Gasteiger charge is 2.18. The molecule has 0 unspecified atom stereocenters. The third-order valence-electron chi connectivity index (χ3n) is 4.91. The number of ether oxygens (including phenoxy) is 1. The number of aromatic nitrogens is 5. The van der Waals surface area contributed by atoms with Gasteiger partial charge in [-0.05, 0) is 42.3 Å². The molecule has 8 nitrogen and oxygen atoms in total. The van der Waals surface area contributed by atoms with Gasteiger partial charge in [0.2, 0.25) is 5.89 Å². The number of nitrogens with one attached hydrogen (secondary N) is 1. The Balaban J connectivity index is 1.42. The lowest BCUT2D eigenvalue weighted by molar-refractivity contribution is 0.377. The molecule has 10 heteroatoms. The van der Waals surface area contributed by atoms with Crippen LogP contribution in [0.1, 0.15) is 16.5 Å². The first kappa shape index (κ1) is 20.0. The first-order valence-corrected chi connectivity index (χ1v) is 10.4. The summed E-state index contributed by atoms with van der Waals surface area (Å²) in [6.45, 7) is 1.62. The molecule has 1 N–H and O–H groups in total. The van der Waals surface area contributed by atoms with Gasteiger partial charge < -0.3 is 9.15 Å². The summed E-state index contributed by atoms with van der Waals surface area (Å²) >= 11 is 1.52. The molecule has 0 amide bonds. The molecule has 0 fully saturated rings. The Hall–Kier alpha value is -3.92. The van der Waals surface area contributed by atoms with Crippen molar-refractivity contribution in [1.82, 2.24) is 25.1 Å². The quantitative estimate of drug-likeness (QED) is 0.430. The number of thiazole rings is 1. The topological polar surface area (TPSA) is 107 Å². The van der Waals surface area contributed by atoms with E-state index in [1.807, 2.05) is 18.2 Å². The van der Waals surface area contributed by atoms with E-state index >= 15 is 0 Å². The Morgan fingerprint density at radius 2 is 1.88 bits per heavy atom. The molecule has 2 aromatic carbocycles. The third-order valence-corrected chi connectivity index (χ3v) is 5.92. The summed E-state index contributed by atoms with van der Waals surface area (Å²) in [4.78, 5) is 23.4. The van der Waals surface area contributed by atoms with Crippen LogP contribution in [0.5, 0.6) is 6.01 Å². The SMILES string of the molecule is COc1nc(-c2nnc(Cc3nc4ccc(-c5ccc(F)cc5)cc4s3)o2)c(C)c(=O)[nH]1. The fourth-order valence-corrected chi connectivity index (χ4v) is 4.23. The van der Waals surface area contributed by atoms with Gasteiger partial charge in [-0.1, -0.05) is 18.2 Å². The van der Waals surface area contributed by atoms with Gasteiger partial charge in [-0.2, -0.15) is 4.98 Å². The Labute approximate surface area is 184 Å². The average Bonchev–Trinajstić information content (AvgIpc) is 3.42. The van der Waals surface area contributed by atoms with Crippen molar-refractivity contribution in [3.63, 3.8) is 0 Å². The van der Waals surface area contributed by atoms with Gasteiger partial charge in [0.05, 0.1) is 23.7 Å². The molecule has 0 radical (unpaired) electrons. The van der Waals surface area contributed by atoms with Crippen LogP contribution in [0.15, 0.2) is 51.7 Å². The molecule has 160 valence electrons. The van der Waals surface area contributed by atoms with E-state index in [0.717, 1.165) is 26.4 Å². The van der Waals surface area contributed by atoms with Crippen LogP contribution in [0, 0.1) is 12.7 Å². The first-order chi connectivity index (χ1) is 15.5. The minimum absolute atomic E-state index is 0.0680. The van der Waals surface area contributed by atoms with Crippen LogP contribution in [0.25, 0.3) is 32.9 Å².